The first-order valence-electron chi connectivity index (χ1n) is 3.51. The second-order valence-corrected chi connectivity index (χ2v) is 6.84. The molecule has 0 saturated carbocycles. The van der Waals surface area contributed by atoms with Crippen molar-refractivity contribution < 1.29 is 28.1 Å². The van der Waals surface area contributed by atoms with Crippen molar-refractivity contribution in [3.05, 3.63) is 12.2 Å². The third-order valence-electron chi connectivity index (χ3n) is 0.993. The van der Waals surface area contributed by atoms with Gasteiger partial charge in [-0.1, -0.05) is 5.57 Å². The van der Waals surface area contributed by atoms with Gasteiger partial charge in [-0.15, -0.1) is 6.58 Å². The first kappa shape index (κ1) is 14.4. The molecule has 0 aromatic rings. The van der Waals surface area contributed by atoms with E-state index < -0.39 is 14.5 Å². The quantitative estimate of drug-likeness (QED) is 0.490. The van der Waals surface area contributed by atoms with Crippen molar-refractivity contribution in [2.24, 2.45) is 0 Å². The Bertz CT molecular complexity index is 297. The molecule has 0 radical (unpaired) electrons. The largest absolute Gasteiger partial charge is 0.479 e. The molecule has 14 heavy (non-hydrogen) atoms. The molecule has 0 amide bonds. The minimum atomic E-state index is -4.47. The number of phosphoric ester groups is 1. The number of phosphoric acid groups is 1. The van der Waals surface area contributed by atoms with E-state index in [4.69, 9.17) is 14.7 Å². The van der Waals surface area contributed by atoms with Crippen molar-refractivity contribution in [3.8, 4) is 0 Å². The summed E-state index contributed by atoms with van der Waals surface area (Å²) in [6.07, 6.45) is 0.369. The van der Waals surface area contributed by atoms with E-state index in [-0.39, 0.29) is 6.61 Å². The Labute approximate surface area is 87.0 Å². The van der Waals surface area contributed by atoms with Crippen molar-refractivity contribution in [1.29, 1.82) is 0 Å². The molecule has 84 valence electrons. The zero-order valence-electron chi connectivity index (χ0n) is 7.49. The lowest BCUT2D eigenvalue weighted by molar-refractivity contribution is 0.196. The molecule has 0 bridgehead atoms. The molecule has 0 spiro atoms. The summed E-state index contributed by atoms with van der Waals surface area (Å²) in [5.41, 5.74) is 0.762. The highest BCUT2D eigenvalue weighted by molar-refractivity contribution is 8.08. The highest BCUT2D eigenvalue weighted by Gasteiger charge is 2.28. The smallest absolute Gasteiger partial charge is 0.324 e. The van der Waals surface area contributed by atoms with Gasteiger partial charge in [0.1, 0.15) is 0 Å². The van der Waals surface area contributed by atoms with Gasteiger partial charge in [0.05, 0.1) is 6.61 Å². The van der Waals surface area contributed by atoms with Crippen LogP contribution < -0.4 is 0 Å². The molecule has 1 atom stereocenters. The minimum Gasteiger partial charge on any atom is -0.324 e. The first-order chi connectivity index (χ1) is 6.12. The van der Waals surface area contributed by atoms with E-state index in [1.807, 2.05) is 0 Å². The van der Waals surface area contributed by atoms with Crippen LogP contribution in [0.5, 0.6) is 0 Å². The Morgan fingerprint density at radius 3 is 2.36 bits per heavy atom. The van der Waals surface area contributed by atoms with Crippen molar-refractivity contribution in [3.63, 3.8) is 0 Å². The van der Waals surface area contributed by atoms with Crippen molar-refractivity contribution >= 4 is 26.3 Å². The van der Waals surface area contributed by atoms with Gasteiger partial charge in [0, 0.05) is 0 Å². The summed E-state index contributed by atoms with van der Waals surface area (Å²) in [5, 5.41) is 0. The summed E-state index contributed by atoms with van der Waals surface area (Å²) in [4.78, 5) is 26.1. The van der Waals surface area contributed by atoms with Crippen LogP contribution in [0.1, 0.15) is 13.3 Å². The van der Waals surface area contributed by atoms with Crippen molar-refractivity contribution in [2.75, 3.05) is 6.61 Å². The highest BCUT2D eigenvalue weighted by Crippen LogP contribution is 2.57. The lowest BCUT2D eigenvalue weighted by Gasteiger charge is -2.14. The molecule has 0 fully saturated rings. The van der Waals surface area contributed by atoms with Crippen LogP contribution >= 0.6 is 14.5 Å². The van der Waals surface area contributed by atoms with Crippen LogP contribution in [-0.2, 0) is 25.2 Å². The Morgan fingerprint density at radius 1 is 1.50 bits per heavy atom. The monoisotopic (exact) mass is 262 g/mol. The predicted octanol–water partition coefficient (Wildman–Crippen LogP) is 1.30. The molecule has 0 heterocycles. The van der Waals surface area contributed by atoms with E-state index in [9.17, 15) is 4.57 Å². The van der Waals surface area contributed by atoms with E-state index >= 15 is 0 Å². The van der Waals surface area contributed by atoms with Gasteiger partial charge in [-0.25, -0.2) is 8.88 Å². The second kappa shape index (κ2) is 5.49. The first-order valence-corrected chi connectivity index (χ1v) is 7.63. The lowest BCUT2D eigenvalue weighted by Crippen LogP contribution is -1.96. The van der Waals surface area contributed by atoms with E-state index in [0.717, 1.165) is 5.57 Å². The molecule has 3 N–H and O–H groups in total. The molecule has 0 rings (SSSR count). The second-order valence-electron chi connectivity index (χ2n) is 2.58. The molecule has 9 heteroatoms. The Morgan fingerprint density at radius 2 is 2.00 bits per heavy atom. The molecule has 0 aliphatic rings. The van der Waals surface area contributed by atoms with Gasteiger partial charge in [0.15, 0.2) is 0 Å². The SMILES string of the molecule is C=C(C)CCOP(=O)(O)OP(O)(O)=S. The van der Waals surface area contributed by atoms with Gasteiger partial charge in [-0.3, -0.25) is 4.52 Å². The van der Waals surface area contributed by atoms with Crippen LogP contribution in [0.4, 0.5) is 0 Å². The van der Waals surface area contributed by atoms with Crippen LogP contribution in [0, 0.1) is 0 Å². The summed E-state index contributed by atoms with van der Waals surface area (Å²) in [5.74, 6) is 0. The summed E-state index contributed by atoms with van der Waals surface area (Å²) in [6.45, 7) is 0.985. The van der Waals surface area contributed by atoms with Gasteiger partial charge < -0.3 is 14.7 Å². The maximum Gasteiger partial charge on any atom is 0.479 e. The highest BCUT2D eigenvalue weighted by atomic mass is 32.5. The summed E-state index contributed by atoms with van der Waals surface area (Å²) < 4.78 is 19.2. The average molecular weight is 262 g/mol. The number of rotatable bonds is 6. The lowest BCUT2D eigenvalue weighted by atomic mass is 10.3. The van der Waals surface area contributed by atoms with Crippen LogP contribution in [-0.4, -0.2) is 21.3 Å². The molecule has 0 aliphatic carbocycles. The normalized spacial score (nSPS) is 16.3. The van der Waals surface area contributed by atoms with E-state index in [0.29, 0.717) is 6.42 Å². The molecular formula is C5H12O6P2S. The number of hydrogen-bond donors (Lipinski definition) is 3. The molecule has 0 aromatic carbocycles. The van der Waals surface area contributed by atoms with E-state index in [2.05, 4.69) is 27.2 Å². The molecule has 0 aromatic heterocycles. The molecule has 0 aliphatic heterocycles. The summed E-state index contributed by atoms with van der Waals surface area (Å²) in [7, 11) is -4.47. The third kappa shape index (κ3) is 8.99. The van der Waals surface area contributed by atoms with Gasteiger partial charge in [-0.2, -0.15) is 0 Å². The standard InChI is InChI=1S/C5H12O6P2S/c1-5(2)3-4-10-12(6,7)11-13(8,9)14/h1,3-4H2,2H3,(H,6,7)(H2,8,9,14). The Hall–Kier alpha value is 0.420. The van der Waals surface area contributed by atoms with Crippen molar-refractivity contribution in [2.45, 2.75) is 13.3 Å². The third-order valence-corrected chi connectivity index (χ3v) is 3.78. The predicted molar refractivity (Wildman–Crippen MR) is 55.0 cm³/mol. The maximum absolute atomic E-state index is 10.9. The van der Waals surface area contributed by atoms with Gasteiger partial charge in [0.25, 0.3) is 0 Å². The van der Waals surface area contributed by atoms with Crippen LogP contribution in [0.2, 0.25) is 0 Å². The van der Waals surface area contributed by atoms with E-state index in [1.165, 1.54) is 0 Å². The Kier molecular flexibility index (Phi) is 5.65. The summed E-state index contributed by atoms with van der Waals surface area (Å²) >= 11 is 4.01. The Balaban J connectivity index is 4.03. The molecular weight excluding hydrogens is 250 g/mol. The molecule has 6 nitrogen and oxygen atoms in total. The van der Waals surface area contributed by atoms with Crippen LogP contribution in [0.25, 0.3) is 0 Å². The van der Waals surface area contributed by atoms with Gasteiger partial charge >= 0.3 is 14.5 Å². The fourth-order valence-electron chi connectivity index (χ4n) is 0.493. The van der Waals surface area contributed by atoms with Crippen molar-refractivity contribution in [1.82, 2.24) is 0 Å². The minimum absolute atomic E-state index is 0.0988. The van der Waals surface area contributed by atoms with Crippen LogP contribution in [0.3, 0.4) is 0 Å². The van der Waals surface area contributed by atoms with Gasteiger partial charge in [0.2, 0.25) is 0 Å². The zero-order chi connectivity index (χ0) is 11.4. The molecule has 0 saturated heterocycles. The van der Waals surface area contributed by atoms with Gasteiger partial charge in [-0.05, 0) is 25.2 Å². The zero-order valence-corrected chi connectivity index (χ0v) is 10.1. The van der Waals surface area contributed by atoms with E-state index in [1.54, 1.807) is 6.92 Å². The topological polar surface area (TPSA) is 96.2 Å². The molecule has 1 unspecified atom stereocenters. The average Bonchev–Trinajstić information content (AvgIpc) is 1.78. The fourth-order valence-corrected chi connectivity index (χ4v) is 2.84. The van der Waals surface area contributed by atoms with Crippen LogP contribution in [0.15, 0.2) is 12.2 Å². The maximum atomic E-state index is 10.9. The summed E-state index contributed by atoms with van der Waals surface area (Å²) in [6, 6.07) is 0. The fraction of sp³-hybridized carbons (Fsp3) is 0.600. The number of hydrogen-bond acceptors (Lipinski definition) is 4.